The van der Waals surface area contributed by atoms with Crippen molar-refractivity contribution in [1.29, 1.82) is 0 Å². The van der Waals surface area contributed by atoms with E-state index in [1.807, 2.05) is 30.5 Å². The molecular weight excluding hydrogens is 292 g/mol. The second kappa shape index (κ2) is 6.40. The van der Waals surface area contributed by atoms with Gasteiger partial charge in [0.05, 0.1) is 7.11 Å². The fourth-order valence-electron chi connectivity index (χ4n) is 1.68. The number of benzene rings is 1. The van der Waals surface area contributed by atoms with Crippen LogP contribution in [0.1, 0.15) is 5.56 Å². The summed E-state index contributed by atoms with van der Waals surface area (Å²) in [5.41, 5.74) is 2.28. The van der Waals surface area contributed by atoms with Crippen molar-refractivity contribution in [2.24, 2.45) is 0 Å². The number of nitrogens with zero attached hydrogens (tertiary/aromatic N) is 1. The number of pyridine rings is 1. The van der Waals surface area contributed by atoms with E-state index in [2.05, 4.69) is 32.3 Å². The lowest BCUT2D eigenvalue weighted by Gasteiger charge is -2.09. The van der Waals surface area contributed by atoms with E-state index in [-0.39, 0.29) is 0 Å². The van der Waals surface area contributed by atoms with Crippen LogP contribution in [-0.4, -0.2) is 18.6 Å². The van der Waals surface area contributed by atoms with E-state index in [9.17, 15) is 0 Å². The Labute approximate surface area is 115 Å². The molecule has 0 bridgehead atoms. The summed E-state index contributed by atoms with van der Waals surface area (Å²) in [6, 6.07) is 9.99. The Kier molecular flexibility index (Phi) is 4.59. The molecule has 0 unspecified atom stereocenters. The van der Waals surface area contributed by atoms with Crippen molar-refractivity contribution in [3.05, 3.63) is 52.8 Å². The number of rotatable bonds is 5. The number of aromatic nitrogens is 1. The Hall–Kier alpha value is -1.55. The van der Waals surface area contributed by atoms with Crippen molar-refractivity contribution < 1.29 is 4.74 Å². The van der Waals surface area contributed by atoms with E-state index in [4.69, 9.17) is 4.74 Å². The molecule has 0 aliphatic heterocycles. The minimum Gasteiger partial charge on any atom is -0.497 e. The Morgan fingerprint density at radius 1 is 1.33 bits per heavy atom. The third kappa shape index (κ3) is 3.74. The van der Waals surface area contributed by atoms with Crippen molar-refractivity contribution in [2.75, 3.05) is 19.0 Å². The predicted octanol–water partition coefficient (Wildman–Crippen LogP) is 3.51. The summed E-state index contributed by atoms with van der Waals surface area (Å²) in [7, 11) is 1.67. The van der Waals surface area contributed by atoms with Gasteiger partial charge in [-0.15, -0.1) is 0 Å². The lowest BCUT2D eigenvalue weighted by atomic mass is 10.2. The average Bonchev–Trinajstić information content (AvgIpc) is 2.39. The van der Waals surface area contributed by atoms with E-state index < -0.39 is 0 Å². The average molecular weight is 307 g/mol. The lowest BCUT2D eigenvalue weighted by Crippen LogP contribution is -2.05. The number of nitrogens with one attached hydrogen (secondary N) is 1. The van der Waals surface area contributed by atoms with Gasteiger partial charge >= 0.3 is 0 Å². The van der Waals surface area contributed by atoms with Crippen molar-refractivity contribution in [2.45, 2.75) is 6.42 Å². The second-order valence-corrected chi connectivity index (χ2v) is 4.83. The molecule has 0 radical (unpaired) electrons. The van der Waals surface area contributed by atoms with Gasteiger partial charge in [-0.25, -0.2) is 0 Å². The fourth-order valence-corrected chi connectivity index (χ4v) is 2.15. The van der Waals surface area contributed by atoms with Gasteiger partial charge in [0.1, 0.15) is 5.75 Å². The highest BCUT2D eigenvalue weighted by Crippen LogP contribution is 2.24. The summed E-state index contributed by atoms with van der Waals surface area (Å²) in [5.74, 6) is 0.841. The van der Waals surface area contributed by atoms with Crippen LogP contribution in [0.15, 0.2) is 47.2 Å². The molecule has 2 rings (SSSR count). The predicted molar refractivity (Wildman–Crippen MR) is 77.1 cm³/mol. The number of methoxy groups -OCH3 is 1. The van der Waals surface area contributed by atoms with Gasteiger partial charge < -0.3 is 10.1 Å². The molecule has 0 aliphatic carbocycles. The highest BCUT2D eigenvalue weighted by atomic mass is 79.9. The van der Waals surface area contributed by atoms with Crippen LogP contribution in [0.3, 0.4) is 0 Å². The van der Waals surface area contributed by atoms with Crippen molar-refractivity contribution in [3.8, 4) is 5.75 Å². The molecule has 0 atom stereocenters. The van der Waals surface area contributed by atoms with Gasteiger partial charge in [-0.3, -0.25) is 4.98 Å². The van der Waals surface area contributed by atoms with Crippen LogP contribution in [-0.2, 0) is 6.42 Å². The molecule has 1 N–H and O–H groups in total. The third-order valence-electron chi connectivity index (χ3n) is 2.57. The van der Waals surface area contributed by atoms with Crippen LogP contribution in [0.25, 0.3) is 0 Å². The first kappa shape index (κ1) is 12.9. The first-order valence-electron chi connectivity index (χ1n) is 5.75. The summed E-state index contributed by atoms with van der Waals surface area (Å²) in [6.45, 7) is 0.866. The van der Waals surface area contributed by atoms with Crippen LogP contribution in [0.5, 0.6) is 5.75 Å². The van der Waals surface area contributed by atoms with E-state index in [1.54, 1.807) is 13.3 Å². The third-order valence-corrected chi connectivity index (χ3v) is 3.03. The van der Waals surface area contributed by atoms with Crippen molar-refractivity contribution >= 4 is 21.6 Å². The second-order valence-electron chi connectivity index (χ2n) is 3.92. The maximum atomic E-state index is 5.22. The quantitative estimate of drug-likeness (QED) is 0.918. The summed E-state index contributed by atoms with van der Waals surface area (Å²) in [6.07, 6.45) is 4.63. The van der Waals surface area contributed by atoms with Gasteiger partial charge in [0.2, 0.25) is 0 Å². The molecule has 0 fully saturated rings. The normalized spacial score (nSPS) is 10.1. The Bertz CT molecular complexity index is 502. The molecule has 2 aromatic rings. The van der Waals surface area contributed by atoms with E-state index in [0.717, 1.165) is 28.9 Å². The minimum absolute atomic E-state index is 0.841. The molecule has 0 saturated heterocycles. The van der Waals surface area contributed by atoms with Crippen LogP contribution in [0.4, 0.5) is 5.69 Å². The SMILES string of the molecule is COc1cc(Br)cc(NCCc2cccnc2)c1. The van der Waals surface area contributed by atoms with Gasteiger partial charge in [-0.1, -0.05) is 22.0 Å². The standard InChI is InChI=1S/C14H15BrN2O/c1-18-14-8-12(15)7-13(9-14)17-6-4-11-3-2-5-16-10-11/h2-3,5,7-10,17H,4,6H2,1H3. The van der Waals surface area contributed by atoms with Crippen LogP contribution >= 0.6 is 15.9 Å². The molecule has 1 aromatic carbocycles. The van der Waals surface area contributed by atoms with Crippen LogP contribution < -0.4 is 10.1 Å². The Balaban J connectivity index is 1.92. The number of ether oxygens (including phenoxy) is 1. The first-order valence-corrected chi connectivity index (χ1v) is 6.54. The molecular formula is C14H15BrN2O. The topological polar surface area (TPSA) is 34.1 Å². The zero-order chi connectivity index (χ0) is 12.8. The molecule has 0 spiro atoms. The maximum absolute atomic E-state index is 5.22. The van der Waals surface area contributed by atoms with Crippen molar-refractivity contribution in [1.82, 2.24) is 4.98 Å². The maximum Gasteiger partial charge on any atom is 0.122 e. The molecule has 94 valence electrons. The van der Waals surface area contributed by atoms with E-state index >= 15 is 0 Å². The first-order chi connectivity index (χ1) is 8.78. The summed E-state index contributed by atoms with van der Waals surface area (Å²) in [5, 5.41) is 3.37. The van der Waals surface area contributed by atoms with Gasteiger partial charge in [-0.2, -0.15) is 0 Å². The van der Waals surface area contributed by atoms with E-state index in [0.29, 0.717) is 0 Å². The summed E-state index contributed by atoms with van der Waals surface area (Å²) >= 11 is 3.46. The fraction of sp³-hybridized carbons (Fsp3) is 0.214. The van der Waals surface area contributed by atoms with Crippen molar-refractivity contribution in [3.63, 3.8) is 0 Å². The van der Waals surface area contributed by atoms with Gasteiger partial charge in [0.15, 0.2) is 0 Å². The lowest BCUT2D eigenvalue weighted by molar-refractivity contribution is 0.414. The molecule has 3 nitrogen and oxygen atoms in total. The molecule has 18 heavy (non-hydrogen) atoms. The highest BCUT2D eigenvalue weighted by Gasteiger charge is 1.99. The van der Waals surface area contributed by atoms with Gasteiger partial charge in [0.25, 0.3) is 0 Å². The molecule has 0 amide bonds. The largest absolute Gasteiger partial charge is 0.497 e. The number of halogens is 1. The van der Waals surface area contributed by atoms with Crippen LogP contribution in [0.2, 0.25) is 0 Å². The smallest absolute Gasteiger partial charge is 0.122 e. The molecule has 0 saturated carbocycles. The summed E-state index contributed by atoms with van der Waals surface area (Å²) in [4.78, 5) is 4.10. The van der Waals surface area contributed by atoms with E-state index in [1.165, 1.54) is 5.56 Å². The molecule has 4 heteroatoms. The Morgan fingerprint density at radius 2 is 2.22 bits per heavy atom. The Morgan fingerprint density at radius 3 is 2.94 bits per heavy atom. The molecule has 0 aliphatic rings. The zero-order valence-electron chi connectivity index (χ0n) is 10.2. The summed E-state index contributed by atoms with van der Waals surface area (Å²) < 4.78 is 6.23. The number of hydrogen-bond acceptors (Lipinski definition) is 3. The van der Waals surface area contributed by atoms with Crippen LogP contribution in [0, 0.1) is 0 Å². The molecule has 1 aromatic heterocycles. The minimum atomic E-state index is 0.841. The van der Waals surface area contributed by atoms with Gasteiger partial charge in [-0.05, 0) is 30.2 Å². The molecule has 1 heterocycles. The highest BCUT2D eigenvalue weighted by molar-refractivity contribution is 9.10. The zero-order valence-corrected chi connectivity index (χ0v) is 11.8. The van der Waals surface area contributed by atoms with Gasteiger partial charge in [0, 0.05) is 35.2 Å². The number of anilines is 1. The monoisotopic (exact) mass is 306 g/mol. The number of hydrogen-bond donors (Lipinski definition) is 1.